The van der Waals surface area contributed by atoms with Gasteiger partial charge >= 0.3 is 0 Å². The van der Waals surface area contributed by atoms with Crippen LogP contribution in [-0.2, 0) is 4.74 Å². The molecule has 0 bridgehead atoms. The SMILES string of the molecule is CC(C)[C@@H](N)COCC1CCN(C(C)C)CC1. The first-order chi connectivity index (χ1) is 8.00. The van der Waals surface area contributed by atoms with E-state index >= 15 is 0 Å². The van der Waals surface area contributed by atoms with Crippen LogP contribution < -0.4 is 5.73 Å². The summed E-state index contributed by atoms with van der Waals surface area (Å²) in [6.07, 6.45) is 2.55. The van der Waals surface area contributed by atoms with Gasteiger partial charge in [-0.15, -0.1) is 0 Å². The molecule has 1 fully saturated rings. The van der Waals surface area contributed by atoms with Gasteiger partial charge < -0.3 is 15.4 Å². The van der Waals surface area contributed by atoms with Gasteiger partial charge in [0.2, 0.25) is 0 Å². The van der Waals surface area contributed by atoms with Gasteiger partial charge in [-0.2, -0.15) is 0 Å². The summed E-state index contributed by atoms with van der Waals surface area (Å²) >= 11 is 0. The van der Waals surface area contributed by atoms with Crippen LogP contribution in [0.1, 0.15) is 40.5 Å². The molecule has 0 spiro atoms. The second-order valence-corrected chi connectivity index (χ2v) is 6.02. The van der Waals surface area contributed by atoms with Gasteiger partial charge in [0.25, 0.3) is 0 Å². The molecule has 1 saturated heterocycles. The van der Waals surface area contributed by atoms with Crippen molar-refractivity contribution in [2.24, 2.45) is 17.6 Å². The number of nitrogens with two attached hydrogens (primary N) is 1. The van der Waals surface area contributed by atoms with Crippen molar-refractivity contribution in [2.75, 3.05) is 26.3 Å². The summed E-state index contributed by atoms with van der Waals surface area (Å²) in [4.78, 5) is 2.55. The molecule has 0 aliphatic carbocycles. The quantitative estimate of drug-likeness (QED) is 0.775. The number of nitrogens with zero attached hydrogens (tertiary/aromatic N) is 1. The Kier molecular flexibility index (Phi) is 6.45. The summed E-state index contributed by atoms with van der Waals surface area (Å²) in [7, 11) is 0. The minimum atomic E-state index is 0.186. The van der Waals surface area contributed by atoms with Crippen molar-refractivity contribution < 1.29 is 4.74 Å². The van der Waals surface area contributed by atoms with Gasteiger partial charge in [-0.1, -0.05) is 13.8 Å². The van der Waals surface area contributed by atoms with Crippen LogP contribution in [0.3, 0.4) is 0 Å². The third-order valence-corrected chi connectivity index (χ3v) is 3.90. The van der Waals surface area contributed by atoms with E-state index in [0.29, 0.717) is 18.6 Å². The zero-order valence-electron chi connectivity index (χ0n) is 12.0. The molecule has 102 valence electrons. The molecule has 2 N–H and O–H groups in total. The summed E-state index contributed by atoms with van der Waals surface area (Å²) < 4.78 is 5.75. The van der Waals surface area contributed by atoms with E-state index in [0.717, 1.165) is 12.5 Å². The highest BCUT2D eigenvalue weighted by Gasteiger charge is 2.21. The van der Waals surface area contributed by atoms with Crippen molar-refractivity contribution in [1.29, 1.82) is 0 Å². The highest BCUT2D eigenvalue weighted by atomic mass is 16.5. The van der Waals surface area contributed by atoms with Crippen molar-refractivity contribution in [1.82, 2.24) is 4.90 Å². The number of rotatable bonds is 6. The molecule has 1 aliphatic heterocycles. The summed E-state index contributed by atoms with van der Waals surface area (Å²) in [5.74, 6) is 1.25. The van der Waals surface area contributed by atoms with E-state index < -0.39 is 0 Å². The molecule has 1 atom stereocenters. The van der Waals surface area contributed by atoms with Crippen molar-refractivity contribution in [3.05, 3.63) is 0 Å². The minimum Gasteiger partial charge on any atom is -0.380 e. The number of likely N-dealkylation sites (tertiary alicyclic amines) is 1. The van der Waals surface area contributed by atoms with Crippen LogP contribution in [0.15, 0.2) is 0 Å². The predicted molar refractivity (Wildman–Crippen MR) is 73.1 cm³/mol. The van der Waals surface area contributed by atoms with E-state index in [1.807, 2.05) is 0 Å². The smallest absolute Gasteiger partial charge is 0.0620 e. The Morgan fingerprint density at radius 3 is 2.24 bits per heavy atom. The first-order valence-electron chi connectivity index (χ1n) is 7.08. The van der Waals surface area contributed by atoms with E-state index in [2.05, 4.69) is 32.6 Å². The second-order valence-electron chi connectivity index (χ2n) is 6.02. The normalized spacial score (nSPS) is 21.4. The average Bonchev–Trinajstić information content (AvgIpc) is 2.29. The maximum Gasteiger partial charge on any atom is 0.0620 e. The van der Waals surface area contributed by atoms with E-state index in [-0.39, 0.29) is 6.04 Å². The van der Waals surface area contributed by atoms with Crippen LogP contribution in [0.2, 0.25) is 0 Å². The lowest BCUT2D eigenvalue weighted by Crippen LogP contribution is -2.40. The molecule has 0 aromatic rings. The van der Waals surface area contributed by atoms with Gasteiger partial charge in [0.15, 0.2) is 0 Å². The fourth-order valence-electron chi connectivity index (χ4n) is 2.20. The maximum atomic E-state index is 5.96. The Hall–Kier alpha value is -0.120. The Morgan fingerprint density at radius 1 is 1.18 bits per heavy atom. The molecule has 0 saturated carbocycles. The molecule has 0 amide bonds. The van der Waals surface area contributed by atoms with Gasteiger partial charge in [-0.3, -0.25) is 0 Å². The number of hydrogen-bond donors (Lipinski definition) is 1. The Bertz CT molecular complexity index is 198. The van der Waals surface area contributed by atoms with Crippen molar-refractivity contribution >= 4 is 0 Å². The monoisotopic (exact) mass is 242 g/mol. The topological polar surface area (TPSA) is 38.5 Å². The molecule has 0 aromatic carbocycles. The molecule has 3 heteroatoms. The van der Waals surface area contributed by atoms with Crippen molar-refractivity contribution in [3.8, 4) is 0 Å². The molecule has 0 aromatic heterocycles. The lowest BCUT2D eigenvalue weighted by molar-refractivity contribution is 0.0485. The summed E-state index contributed by atoms with van der Waals surface area (Å²) in [6.45, 7) is 12.9. The fraction of sp³-hybridized carbons (Fsp3) is 1.00. The lowest BCUT2D eigenvalue weighted by atomic mass is 9.97. The third-order valence-electron chi connectivity index (χ3n) is 3.90. The Labute approximate surface area is 107 Å². The van der Waals surface area contributed by atoms with E-state index in [4.69, 9.17) is 10.5 Å². The second kappa shape index (κ2) is 7.34. The van der Waals surface area contributed by atoms with Crippen LogP contribution in [0, 0.1) is 11.8 Å². The maximum absolute atomic E-state index is 5.96. The van der Waals surface area contributed by atoms with E-state index in [1.54, 1.807) is 0 Å². The molecule has 3 nitrogen and oxygen atoms in total. The minimum absolute atomic E-state index is 0.186. The van der Waals surface area contributed by atoms with Crippen molar-refractivity contribution in [2.45, 2.75) is 52.6 Å². The van der Waals surface area contributed by atoms with Crippen LogP contribution in [0.5, 0.6) is 0 Å². The van der Waals surface area contributed by atoms with Gasteiger partial charge in [0.05, 0.1) is 6.61 Å². The van der Waals surface area contributed by atoms with Crippen molar-refractivity contribution in [3.63, 3.8) is 0 Å². The van der Waals surface area contributed by atoms with Crippen LogP contribution in [0.4, 0.5) is 0 Å². The Morgan fingerprint density at radius 2 is 1.76 bits per heavy atom. The molecule has 0 unspecified atom stereocenters. The molecular weight excluding hydrogens is 212 g/mol. The first-order valence-corrected chi connectivity index (χ1v) is 7.08. The number of hydrogen-bond acceptors (Lipinski definition) is 3. The third kappa shape index (κ3) is 5.36. The number of piperidine rings is 1. The zero-order valence-corrected chi connectivity index (χ0v) is 12.0. The highest BCUT2D eigenvalue weighted by Crippen LogP contribution is 2.19. The number of ether oxygens (including phenoxy) is 1. The van der Waals surface area contributed by atoms with E-state index in [9.17, 15) is 0 Å². The Balaban J connectivity index is 2.10. The van der Waals surface area contributed by atoms with Gasteiger partial charge in [0, 0.05) is 18.7 Å². The largest absolute Gasteiger partial charge is 0.380 e. The van der Waals surface area contributed by atoms with Gasteiger partial charge in [-0.05, 0) is 51.6 Å². The first kappa shape index (κ1) is 14.9. The fourth-order valence-corrected chi connectivity index (χ4v) is 2.20. The zero-order chi connectivity index (χ0) is 12.8. The van der Waals surface area contributed by atoms with Crippen LogP contribution in [-0.4, -0.2) is 43.3 Å². The summed E-state index contributed by atoms with van der Waals surface area (Å²) in [6, 6.07) is 0.872. The van der Waals surface area contributed by atoms with E-state index in [1.165, 1.54) is 25.9 Å². The molecule has 1 rings (SSSR count). The lowest BCUT2D eigenvalue weighted by Gasteiger charge is -2.34. The predicted octanol–water partition coefficient (Wildman–Crippen LogP) is 2.11. The summed E-state index contributed by atoms with van der Waals surface area (Å²) in [5, 5.41) is 0. The van der Waals surface area contributed by atoms with Crippen LogP contribution >= 0.6 is 0 Å². The molecule has 1 aliphatic rings. The van der Waals surface area contributed by atoms with Gasteiger partial charge in [-0.25, -0.2) is 0 Å². The standard InChI is InChI=1S/C14H30N2O/c1-11(2)14(15)10-17-9-13-5-7-16(8-6-13)12(3)4/h11-14H,5-10,15H2,1-4H3/t14-/m0/s1. The van der Waals surface area contributed by atoms with Crippen LogP contribution in [0.25, 0.3) is 0 Å². The van der Waals surface area contributed by atoms with Gasteiger partial charge in [0.1, 0.15) is 0 Å². The highest BCUT2D eigenvalue weighted by molar-refractivity contribution is 4.74. The summed E-state index contributed by atoms with van der Waals surface area (Å²) in [5.41, 5.74) is 5.96. The molecule has 0 radical (unpaired) electrons. The molecule has 17 heavy (non-hydrogen) atoms. The average molecular weight is 242 g/mol. The molecular formula is C14H30N2O. The molecule has 1 heterocycles.